The lowest BCUT2D eigenvalue weighted by molar-refractivity contribution is 0.179. The van der Waals surface area contributed by atoms with Crippen molar-refractivity contribution in [2.24, 2.45) is 17.8 Å². The molecule has 1 heteroatoms. The van der Waals surface area contributed by atoms with E-state index >= 15 is 0 Å². The molecular weight excluding hydrogens is 151 g/mol. The molecule has 1 aliphatic rings. The second kappa shape index (κ2) is 4.84. The monoisotopic (exact) mass is 172 g/mol. The van der Waals surface area contributed by atoms with Gasteiger partial charge in [-0.05, 0) is 17.8 Å². The first-order chi connectivity index (χ1) is 5.75. The van der Waals surface area contributed by atoms with Crippen molar-refractivity contribution in [2.75, 3.05) is 6.67 Å². The standard InChI is InChI=1S/C11H21F/c1-9(8-12)10(2)11-6-4-3-5-7-11/h9-11H,3-8H2,1-2H3. The van der Waals surface area contributed by atoms with Crippen LogP contribution in [0.3, 0.4) is 0 Å². The van der Waals surface area contributed by atoms with E-state index in [1.807, 2.05) is 6.92 Å². The van der Waals surface area contributed by atoms with Gasteiger partial charge in [-0.25, -0.2) is 0 Å². The summed E-state index contributed by atoms with van der Waals surface area (Å²) in [6.45, 7) is 4.12. The molecule has 0 aliphatic heterocycles. The predicted octanol–water partition coefficient (Wildman–Crippen LogP) is 3.81. The maximum atomic E-state index is 12.4. The summed E-state index contributed by atoms with van der Waals surface area (Å²) >= 11 is 0. The fourth-order valence-electron chi connectivity index (χ4n) is 2.27. The van der Waals surface area contributed by atoms with Gasteiger partial charge in [-0.2, -0.15) is 0 Å². The molecule has 0 spiro atoms. The molecule has 0 radical (unpaired) electrons. The highest BCUT2D eigenvalue weighted by Crippen LogP contribution is 2.33. The van der Waals surface area contributed by atoms with Crippen molar-refractivity contribution in [3.63, 3.8) is 0 Å². The maximum absolute atomic E-state index is 12.4. The Morgan fingerprint density at radius 2 is 1.75 bits per heavy atom. The minimum Gasteiger partial charge on any atom is -0.251 e. The first-order valence-electron chi connectivity index (χ1n) is 5.31. The van der Waals surface area contributed by atoms with Crippen LogP contribution in [0.5, 0.6) is 0 Å². The quantitative estimate of drug-likeness (QED) is 0.607. The van der Waals surface area contributed by atoms with E-state index in [0.717, 1.165) is 5.92 Å². The second-order valence-corrected chi connectivity index (χ2v) is 4.39. The van der Waals surface area contributed by atoms with Crippen LogP contribution in [0.4, 0.5) is 4.39 Å². The number of halogens is 1. The van der Waals surface area contributed by atoms with Crippen LogP contribution in [0.25, 0.3) is 0 Å². The summed E-state index contributed by atoms with van der Waals surface area (Å²) in [7, 11) is 0. The highest BCUT2D eigenvalue weighted by atomic mass is 19.1. The van der Waals surface area contributed by atoms with E-state index in [9.17, 15) is 4.39 Å². The van der Waals surface area contributed by atoms with Crippen LogP contribution in [-0.4, -0.2) is 6.67 Å². The molecule has 0 bridgehead atoms. The van der Waals surface area contributed by atoms with Crippen molar-refractivity contribution in [1.29, 1.82) is 0 Å². The zero-order valence-corrected chi connectivity index (χ0v) is 8.35. The second-order valence-electron chi connectivity index (χ2n) is 4.39. The third-order valence-corrected chi connectivity index (χ3v) is 3.53. The third-order valence-electron chi connectivity index (χ3n) is 3.53. The number of rotatable bonds is 3. The molecule has 1 saturated carbocycles. The molecule has 1 fully saturated rings. The Morgan fingerprint density at radius 1 is 1.17 bits per heavy atom. The average Bonchev–Trinajstić information content (AvgIpc) is 2.17. The van der Waals surface area contributed by atoms with Crippen molar-refractivity contribution in [3.8, 4) is 0 Å². The van der Waals surface area contributed by atoms with Crippen molar-refractivity contribution in [2.45, 2.75) is 46.0 Å². The SMILES string of the molecule is CC(CF)C(C)C1CCCCC1. The van der Waals surface area contributed by atoms with Gasteiger partial charge in [0.1, 0.15) is 0 Å². The molecule has 1 aliphatic carbocycles. The first-order valence-corrected chi connectivity index (χ1v) is 5.31. The zero-order valence-electron chi connectivity index (χ0n) is 8.35. The molecule has 2 unspecified atom stereocenters. The molecule has 0 aromatic rings. The van der Waals surface area contributed by atoms with E-state index in [1.54, 1.807) is 0 Å². The average molecular weight is 172 g/mol. The van der Waals surface area contributed by atoms with Crippen LogP contribution in [-0.2, 0) is 0 Å². The normalized spacial score (nSPS) is 25.2. The molecule has 1 rings (SSSR count). The van der Waals surface area contributed by atoms with Gasteiger partial charge >= 0.3 is 0 Å². The summed E-state index contributed by atoms with van der Waals surface area (Å²) in [5.74, 6) is 1.67. The van der Waals surface area contributed by atoms with Gasteiger partial charge in [-0.15, -0.1) is 0 Å². The summed E-state index contributed by atoms with van der Waals surface area (Å²) < 4.78 is 12.4. The maximum Gasteiger partial charge on any atom is 0.0922 e. The van der Waals surface area contributed by atoms with Gasteiger partial charge in [0.05, 0.1) is 6.67 Å². The Balaban J connectivity index is 2.33. The summed E-state index contributed by atoms with van der Waals surface area (Å²) in [5.41, 5.74) is 0. The first kappa shape index (κ1) is 10.0. The van der Waals surface area contributed by atoms with E-state index < -0.39 is 0 Å². The van der Waals surface area contributed by atoms with Crippen LogP contribution >= 0.6 is 0 Å². The third kappa shape index (κ3) is 2.46. The molecule has 12 heavy (non-hydrogen) atoms. The van der Waals surface area contributed by atoms with Gasteiger partial charge in [-0.1, -0.05) is 46.0 Å². The lowest BCUT2D eigenvalue weighted by atomic mass is 9.76. The molecule has 2 atom stereocenters. The Morgan fingerprint density at radius 3 is 2.25 bits per heavy atom. The molecule has 0 saturated heterocycles. The number of alkyl halides is 1. The highest BCUT2D eigenvalue weighted by Gasteiger charge is 2.23. The molecule has 0 heterocycles. The van der Waals surface area contributed by atoms with Crippen molar-refractivity contribution in [1.82, 2.24) is 0 Å². The largest absolute Gasteiger partial charge is 0.251 e. The highest BCUT2D eigenvalue weighted by molar-refractivity contribution is 4.74. The topological polar surface area (TPSA) is 0 Å². The Labute approximate surface area is 75.5 Å². The van der Waals surface area contributed by atoms with Crippen LogP contribution in [0.2, 0.25) is 0 Å². The number of hydrogen-bond donors (Lipinski definition) is 0. The van der Waals surface area contributed by atoms with Crippen molar-refractivity contribution in [3.05, 3.63) is 0 Å². The van der Waals surface area contributed by atoms with Crippen LogP contribution in [0.1, 0.15) is 46.0 Å². The lowest BCUT2D eigenvalue weighted by Gasteiger charge is -2.30. The van der Waals surface area contributed by atoms with E-state index in [4.69, 9.17) is 0 Å². The van der Waals surface area contributed by atoms with Gasteiger partial charge < -0.3 is 0 Å². The van der Waals surface area contributed by atoms with E-state index in [-0.39, 0.29) is 12.6 Å². The molecule has 0 nitrogen and oxygen atoms in total. The minimum atomic E-state index is -0.141. The van der Waals surface area contributed by atoms with E-state index in [0.29, 0.717) is 5.92 Å². The van der Waals surface area contributed by atoms with Gasteiger partial charge in [0.15, 0.2) is 0 Å². The Kier molecular flexibility index (Phi) is 4.03. The minimum absolute atomic E-state index is 0.141. The lowest BCUT2D eigenvalue weighted by Crippen LogP contribution is -2.22. The summed E-state index contributed by atoms with van der Waals surface area (Å²) in [4.78, 5) is 0. The molecular formula is C11H21F. The van der Waals surface area contributed by atoms with E-state index in [2.05, 4.69) is 6.92 Å². The zero-order chi connectivity index (χ0) is 8.97. The fourth-order valence-corrected chi connectivity index (χ4v) is 2.27. The van der Waals surface area contributed by atoms with Crippen LogP contribution < -0.4 is 0 Å². The van der Waals surface area contributed by atoms with Crippen LogP contribution in [0.15, 0.2) is 0 Å². The van der Waals surface area contributed by atoms with Gasteiger partial charge in [0, 0.05) is 0 Å². The smallest absolute Gasteiger partial charge is 0.0922 e. The Bertz CT molecular complexity index is 116. The summed E-state index contributed by atoms with van der Waals surface area (Å²) in [6.07, 6.45) is 6.81. The Hall–Kier alpha value is -0.0700. The molecule has 0 aromatic carbocycles. The van der Waals surface area contributed by atoms with Crippen LogP contribution in [0, 0.1) is 17.8 Å². The van der Waals surface area contributed by atoms with Gasteiger partial charge in [0.25, 0.3) is 0 Å². The fraction of sp³-hybridized carbons (Fsp3) is 1.00. The van der Waals surface area contributed by atoms with Crippen molar-refractivity contribution < 1.29 is 4.39 Å². The van der Waals surface area contributed by atoms with Crippen molar-refractivity contribution >= 4 is 0 Å². The number of hydrogen-bond acceptors (Lipinski definition) is 0. The van der Waals surface area contributed by atoms with Gasteiger partial charge in [-0.3, -0.25) is 4.39 Å². The molecule has 0 N–H and O–H groups in total. The van der Waals surface area contributed by atoms with Gasteiger partial charge in [0.2, 0.25) is 0 Å². The summed E-state index contributed by atoms with van der Waals surface area (Å²) in [6, 6.07) is 0. The van der Waals surface area contributed by atoms with E-state index in [1.165, 1.54) is 32.1 Å². The molecule has 0 amide bonds. The molecule has 72 valence electrons. The summed E-state index contributed by atoms with van der Waals surface area (Å²) in [5, 5.41) is 0. The predicted molar refractivity (Wildman–Crippen MR) is 50.9 cm³/mol. The molecule has 0 aromatic heterocycles.